The van der Waals surface area contributed by atoms with Gasteiger partial charge in [0.25, 0.3) is 0 Å². The molecule has 0 aliphatic carbocycles. The zero-order valence-corrected chi connectivity index (χ0v) is 29.5. The number of hydrogen-bond donors (Lipinski definition) is 6. The molecular formula is C38H69NO8. The lowest BCUT2D eigenvalue weighted by atomic mass is 9.99. The summed E-state index contributed by atoms with van der Waals surface area (Å²) in [6, 6.07) is -0.826. The second-order valence-corrected chi connectivity index (χ2v) is 13.1. The topological polar surface area (TPSA) is 149 Å². The molecule has 7 atom stereocenters. The SMILES string of the molecule is CCCCCCCCCCCCCCCCC/C=C/CC/C=C/CC/C=C/C(O)C(COC1OC(CO)C(O)C(O)C1O)NC(C)=O. The summed E-state index contributed by atoms with van der Waals surface area (Å²) in [5.74, 6) is -0.369. The van der Waals surface area contributed by atoms with Gasteiger partial charge in [-0.05, 0) is 38.5 Å². The van der Waals surface area contributed by atoms with Gasteiger partial charge in [0.15, 0.2) is 6.29 Å². The van der Waals surface area contributed by atoms with Crippen LogP contribution in [0.5, 0.6) is 0 Å². The molecule has 1 rings (SSSR count). The molecule has 1 saturated heterocycles. The van der Waals surface area contributed by atoms with E-state index < -0.39 is 49.5 Å². The van der Waals surface area contributed by atoms with Crippen LogP contribution in [0.1, 0.15) is 142 Å². The zero-order valence-electron chi connectivity index (χ0n) is 29.5. The van der Waals surface area contributed by atoms with Crippen molar-refractivity contribution in [1.29, 1.82) is 0 Å². The first-order chi connectivity index (χ1) is 22.8. The Hall–Kier alpha value is -1.59. The van der Waals surface area contributed by atoms with Gasteiger partial charge in [-0.1, -0.05) is 133 Å². The predicted octanol–water partition coefficient (Wildman–Crippen LogP) is 6.16. The highest BCUT2D eigenvalue weighted by Crippen LogP contribution is 2.22. The maximum Gasteiger partial charge on any atom is 0.217 e. The van der Waals surface area contributed by atoms with Crippen LogP contribution >= 0.6 is 0 Å². The van der Waals surface area contributed by atoms with E-state index in [0.717, 1.165) is 25.7 Å². The summed E-state index contributed by atoms with van der Waals surface area (Å²) in [7, 11) is 0. The summed E-state index contributed by atoms with van der Waals surface area (Å²) in [6.07, 6.45) is 29.9. The maximum atomic E-state index is 11.7. The van der Waals surface area contributed by atoms with E-state index in [1.54, 1.807) is 6.08 Å². The summed E-state index contributed by atoms with van der Waals surface area (Å²) in [5, 5.41) is 52.5. The third kappa shape index (κ3) is 21.9. The molecule has 0 radical (unpaired) electrons. The van der Waals surface area contributed by atoms with Crippen LogP contribution in [0.3, 0.4) is 0 Å². The second kappa shape index (κ2) is 29.3. The van der Waals surface area contributed by atoms with Gasteiger partial charge in [-0.25, -0.2) is 0 Å². The second-order valence-electron chi connectivity index (χ2n) is 13.1. The van der Waals surface area contributed by atoms with E-state index in [1.807, 2.05) is 6.08 Å². The summed E-state index contributed by atoms with van der Waals surface area (Å²) in [4.78, 5) is 11.7. The number of allylic oxidation sites excluding steroid dienone is 5. The molecule has 9 heteroatoms. The highest BCUT2D eigenvalue weighted by Gasteiger charge is 2.44. The van der Waals surface area contributed by atoms with Crippen LogP contribution in [0, 0.1) is 0 Å². The Kier molecular flexibility index (Phi) is 27.1. The molecule has 0 aromatic heterocycles. The summed E-state index contributed by atoms with van der Waals surface area (Å²) in [5.41, 5.74) is 0. The lowest BCUT2D eigenvalue weighted by Gasteiger charge is -2.40. The van der Waals surface area contributed by atoms with Crippen molar-refractivity contribution in [2.45, 2.75) is 185 Å². The molecule has 0 bridgehead atoms. The molecule has 1 amide bonds. The molecule has 9 nitrogen and oxygen atoms in total. The van der Waals surface area contributed by atoms with Gasteiger partial charge in [-0.2, -0.15) is 0 Å². The van der Waals surface area contributed by atoms with Gasteiger partial charge in [0.1, 0.15) is 24.4 Å². The molecule has 0 aromatic carbocycles. The van der Waals surface area contributed by atoms with Gasteiger partial charge in [0.05, 0.1) is 25.4 Å². The van der Waals surface area contributed by atoms with Crippen molar-refractivity contribution >= 4 is 5.91 Å². The first-order valence-electron chi connectivity index (χ1n) is 18.7. The van der Waals surface area contributed by atoms with Crippen molar-refractivity contribution in [2.75, 3.05) is 13.2 Å². The van der Waals surface area contributed by atoms with Crippen molar-refractivity contribution in [1.82, 2.24) is 5.32 Å². The first-order valence-corrected chi connectivity index (χ1v) is 18.7. The van der Waals surface area contributed by atoms with Crippen molar-refractivity contribution in [3.8, 4) is 0 Å². The van der Waals surface area contributed by atoms with Crippen LogP contribution in [0.25, 0.3) is 0 Å². The first kappa shape index (κ1) is 43.4. The van der Waals surface area contributed by atoms with Crippen molar-refractivity contribution in [3.05, 3.63) is 36.5 Å². The number of rotatable bonds is 29. The number of unbranched alkanes of at least 4 members (excludes halogenated alkanes) is 17. The fraction of sp³-hybridized carbons (Fsp3) is 0.816. The molecule has 6 N–H and O–H groups in total. The van der Waals surface area contributed by atoms with Crippen LogP contribution in [-0.4, -0.2) is 87.5 Å². The fourth-order valence-electron chi connectivity index (χ4n) is 5.75. The molecule has 7 unspecified atom stereocenters. The molecule has 47 heavy (non-hydrogen) atoms. The average Bonchev–Trinajstić information content (AvgIpc) is 3.06. The normalized spacial score (nSPS) is 23.3. The van der Waals surface area contributed by atoms with Crippen molar-refractivity contribution in [3.63, 3.8) is 0 Å². The van der Waals surface area contributed by atoms with Crippen LogP contribution < -0.4 is 5.32 Å². The number of amides is 1. The monoisotopic (exact) mass is 668 g/mol. The Bertz CT molecular complexity index is 833. The third-order valence-electron chi connectivity index (χ3n) is 8.73. The summed E-state index contributed by atoms with van der Waals surface area (Å²) in [6.45, 7) is 2.80. The van der Waals surface area contributed by atoms with Gasteiger partial charge in [-0.15, -0.1) is 0 Å². The lowest BCUT2D eigenvalue weighted by Crippen LogP contribution is -2.60. The van der Waals surface area contributed by atoms with E-state index in [1.165, 1.54) is 110 Å². The third-order valence-corrected chi connectivity index (χ3v) is 8.73. The number of aliphatic hydroxyl groups is 5. The minimum Gasteiger partial charge on any atom is -0.394 e. The molecule has 0 spiro atoms. The molecule has 274 valence electrons. The van der Waals surface area contributed by atoms with E-state index in [2.05, 4.69) is 36.5 Å². The maximum absolute atomic E-state index is 11.7. The standard InChI is InChI=1S/C38H69NO8/c1-3-4-5-6-7-8-9-10-11-12-13-14-15-16-17-18-19-20-21-22-23-24-25-26-27-28-33(42)32(39-31(2)41)30-46-38-37(45)36(44)35(43)34(29-40)47-38/h19-20,23-24,27-28,32-38,40,42-45H,3-18,21-22,25-26,29-30H2,1-2H3,(H,39,41)/b20-19+,24-23+,28-27+. The highest BCUT2D eigenvalue weighted by molar-refractivity contribution is 5.73. The average molecular weight is 668 g/mol. The predicted molar refractivity (Wildman–Crippen MR) is 189 cm³/mol. The zero-order chi connectivity index (χ0) is 34.5. The smallest absolute Gasteiger partial charge is 0.217 e. The highest BCUT2D eigenvalue weighted by atomic mass is 16.7. The van der Waals surface area contributed by atoms with Crippen LogP contribution in [0.2, 0.25) is 0 Å². The van der Waals surface area contributed by atoms with Crippen LogP contribution in [-0.2, 0) is 14.3 Å². The number of carbonyl (C=O) groups is 1. The number of ether oxygens (including phenoxy) is 2. The Balaban J connectivity index is 2.08. The Morgan fingerprint density at radius 2 is 1.17 bits per heavy atom. The molecule has 1 aliphatic rings. The van der Waals surface area contributed by atoms with Crippen LogP contribution in [0.15, 0.2) is 36.5 Å². The quantitative estimate of drug-likeness (QED) is 0.0411. The largest absolute Gasteiger partial charge is 0.394 e. The van der Waals surface area contributed by atoms with Gasteiger partial charge in [0.2, 0.25) is 5.91 Å². The van der Waals surface area contributed by atoms with Crippen molar-refractivity contribution < 1.29 is 39.8 Å². The van der Waals surface area contributed by atoms with Crippen molar-refractivity contribution in [2.24, 2.45) is 0 Å². The lowest BCUT2D eigenvalue weighted by molar-refractivity contribution is -0.302. The molecule has 0 saturated carbocycles. The van der Waals surface area contributed by atoms with E-state index in [9.17, 15) is 30.3 Å². The Morgan fingerprint density at radius 1 is 0.702 bits per heavy atom. The van der Waals surface area contributed by atoms with Gasteiger partial charge >= 0.3 is 0 Å². The molecular weight excluding hydrogens is 598 g/mol. The Labute approximate surface area is 285 Å². The van der Waals surface area contributed by atoms with E-state index in [0.29, 0.717) is 0 Å². The summed E-state index contributed by atoms with van der Waals surface area (Å²) >= 11 is 0. The minimum absolute atomic E-state index is 0.222. The number of nitrogens with one attached hydrogen (secondary N) is 1. The van der Waals surface area contributed by atoms with Gasteiger partial charge in [-0.3, -0.25) is 4.79 Å². The van der Waals surface area contributed by atoms with Gasteiger partial charge < -0.3 is 40.3 Å². The van der Waals surface area contributed by atoms with E-state index in [-0.39, 0.29) is 12.5 Å². The number of carbonyl (C=O) groups excluding carboxylic acids is 1. The molecule has 1 heterocycles. The van der Waals surface area contributed by atoms with E-state index in [4.69, 9.17) is 9.47 Å². The Morgan fingerprint density at radius 3 is 1.66 bits per heavy atom. The molecule has 1 fully saturated rings. The fourth-order valence-corrected chi connectivity index (χ4v) is 5.75. The minimum atomic E-state index is -1.57. The summed E-state index contributed by atoms with van der Waals surface area (Å²) < 4.78 is 10.8. The number of hydrogen-bond acceptors (Lipinski definition) is 8. The van der Waals surface area contributed by atoms with Crippen LogP contribution in [0.4, 0.5) is 0 Å². The molecule has 0 aromatic rings. The molecule has 1 aliphatic heterocycles. The number of aliphatic hydroxyl groups excluding tert-OH is 5. The van der Waals surface area contributed by atoms with E-state index >= 15 is 0 Å². The van der Waals surface area contributed by atoms with Gasteiger partial charge in [0, 0.05) is 6.92 Å².